The highest BCUT2D eigenvalue weighted by atomic mass is 32.1. The maximum atomic E-state index is 10.0. The molecule has 9 heteroatoms. The van der Waals surface area contributed by atoms with E-state index in [1.54, 1.807) is 11.3 Å². The molecule has 3 heterocycles. The van der Waals surface area contributed by atoms with Crippen LogP contribution in [0, 0.1) is 32.6 Å². The Balaban J connectivity index is 1.44. The second kappa shape index (κ2) is 8.62. The number of anilines is 2. The van der Waals surface area contributed by atoms with Crippen molar-refractivity contribution in [3.05, 3.63) is 29.0 Å². The number of nitrogens with zero attached hydrogens (tertiary/aromatic N) is 3. The number of hydrogen-bond donors (Lipinski definition) is 3. The lowest BCUT2D eigenvalue weighted by Crippen LogP contribution is -2.46. The zero-order chi connectivity index (χ0) is 25.2. The van der Waals surface area contributed by atoms with Crippen molar-refractivity contribution in [1.29, 1.82) is 0 Å². The predicted molar refractivity (Wildman–Crippen MR) is 142 cm³/mol. The van der Waals surface area contributed by atoms with Crippen LogP contribution in [0.3, 0.4) is 0 Å². The molecule has 2 aliphatic carbocycles. The minimum Gasteiger partial charge on any atom is -0.396 e. The van der Waals surface area contributed by atoms with Gasteiger partial charge < -0.3 is 25.2 Å². The van der Waals surface area contributed by atoms with Gasteiger partial charge in [-0.1, -0.05) is 0 Å². The van der Waals surface area contributed by atoms with E-state index < -0.39 is 11.5 Å². The molecule has 36 heavy (non-hydrogen) atoms. The summed E-state index contributed by atoms with van der Waals surface area (Å²) in [7, 11) is 0. The molecule has 0 bridgehead atoms. The quantitative estimate of drug-likeness (QED) is 0.401. The summed E-state index contributed by atoms with van der Waals surface area (Å²) in [6.07, 6.45) is 3.78. The van der Waals surface area contributed by atoms with Gasteiger partial charge in [-0.05, 0) is 89.5 Å². The van der Waals surface area contributed by atoms with Crippen LogP contribution >= 0.6 is 11.3 Å². The van der Waals surface area contributed by atoms with Gasteiger partial charge >= 0.3 is 0 Å². The summed E-state index contributed by atoms with van der Waals surface area (Å²) in [5.74, 6) is 1.26. The molecule has 1 saturated heterocycles. The highest BCUT2D eigenvalue weighted by molar-refractivity contribution is 7.21. The van der Waals surface area contributed by atoms with Crippen LogP contribution in [0.4, 0.5) is 11.8 Å². The van der Waals surface area contributed by atoms with Gasteiger partial charge in [0.2, 0.25) is 5.95 Å². The molecule has 0 radical (unpaired) electrons. The van der Waals surface area contributed by atoms with E-state index in [-0.39, 0.29) is 18.6 Å². The summed E-state index contributed by atoms with van der Waals surface area (Å²) < 4.78 is 14.0. The molecule has 3 N–H and O–H groups in total. The third-order valence-corrected chi connectivity index (χ3v) is 8.77. The number of benzene rings is 1. The van der Waals surface area contributed by atoms with Crippen molar-refractivity contribution in [1.82, 2.24) is 15.0 Å². The van der Waals surface area contributed by atoms with Gasteiger partial charge in [0.25, 0.3) is 0 Å². The van der Waals surface area contributed by atoms with Gasteiger partial charge in [0.15, 0.2) is 11.5 Å². The normalized spacial score (nSPS) is 26.9. The molecule has 3 aromatic rings. The molecule has 1 aliphatic heterocycles. The molecule has 6 rings (SSSR count). The molecule has 3 aliphatic rings. The van der Waals surface area contributed by atoms with Gasteiger partial charge in [-0.2, -0.15) is 4.98 Å². The van der Waals surface area contributed by atoms with E-state index in [4.69, 9.17) is 24.4 Å². The summed E-state index contributed by atoms with van der Waals surface area (Å²) in [5, 5.41) is 18.0. The number of fused-ring (bicyclic) bond motifs is 2. The van der Waals surface area contributed by atoms with Gasteiger partial charge in [-0.15, -0.1) is 11.3 Å². The lowest BCUT2D eigenvalue weighted by atomic mass is 10.0. The summed E-state index contributed by atoms with van der Waals surface area (Å²) >= 11 is 1.66. The first-order chi connectivity index (χ1) is 17.2. The Morgan fingerprint density at radius 1 is 1.08 bits per heavy atom. The Kier molecular flexibility index (Phi) is 5.75. The third kappa shape index (κ3) is 4.26. The molecule has 8 nitrogen and oxygen atoms in total. The standard InChI is InChI=1S/C27H35N5O3S/c1-14-10-19-20(11-15(14)2)36-24(30-19)21-16(3)29-25(28-12-17-6-7-17)31-23(21)32-27-9-8-18(13-33)22(27)34-26(4,5)35-27/h10-11,17-18,22,33H,6-9,12-13H2,1-5H3,(H2,28,29,31,32). The van der Waals surface area contributed by atoms with Gasteiger partial charge in [0, 0.05) is 19.1 Å². The molecule has 2 aromatic heterocycles. The number of thiazole rings is 1. The molecular weight excluding hydrogens is 474 g/mol. The van der Waals surface area contributed by atoms with Gasteiger partial charge in [-0.25, -0.2) is 9.97 Å². The molecule has 0 spiro atoms. The zero-order valence-electron chi connectivity index (χ0n) is 21.6. The number of rotatable bonds is 7. The van der Waals surface area contributed by atoms with Crippen molar-refractivity contribution in [3.63, 3.8) is 0 Å². The van der Waals surface area contributed by atoms with Gasteiger partial charge in [0.05, 0.1) is 21.5 Å². The zero-order valence-corrected chi connectivity index (χ0v) is 22.5. The van der Waals surface area contributed by atoms with E-state index >= 15 is 0 Å². The Bertz CT molecular complexity index is 1280. The van der Waals surface area contributed by atoms with Crippen LogP contribution in [-0.4, -0.2) is 50.8 Å². The number of aromatic nitrogens is 3. The topological polar surface area (TPSA) is 101 Å². The first-order valence-electron chi connectivity index (χ1n) is 12.9. The fourth-order valence-electron chi connectivity index (χ4n) is 5.53. The van der Waals surface area contributed by atoms with Gasteiger partial charge in [0.1, 0.15) is 16.9 Å². The highest BCUT2D eigenvalue weighted by Crippen LogP contribution is 2.50. The van der Waals surface area contributed by atoms with E-state index in [1.807, 2.05) is 20.8 Å². The SMILES string of the molecule is Cc1cc2nc(-c3c(C)nc(NCC4CC4)nc3NC34CCC(CO)C3OC(C)(C)O4)sc2cc1C. The molecule has 3 unspecified atom stereocenters. The fourth-order valence-corrected chi connectivity index (χ4v) is 6.68. The van der Waals surface area contributed by atoms with Crippen LogP contribution in [0.5, 0.6) is 0 Å². The molecule has 1 aromatic carbocycles. The van der Waals surface area contributed by atoms with Crippen molar-refractivity contribution >= 4 is 33.3 Å². The summed E-state index contributed by atoms with van der Waals surface area (Å²) in [6.45, 7) is 11.1. The third-order valence-electron chi connectivity index (χ3n) is 7.73. The van der Waals surface area contributed by atoms with E-state index in [9.17, 15) is 5.11 Å². The number of nitrogens with one attached hydrogen (secondary N) is 2. The average molecular weight is 510 g/mol. The number of ether oxygens (including phenoxy) is 2. The van der Waals surface area contributed by atoms with Crippen LogP contribution < -0.4 is 10.6 Å². The Morgan fingerprint density at radius 2 is 1.86 bits per heavy atom. The smallest absolute Gasteiger partial charge is 0.224 e. The number of hydrogen-bond acceptors (Lipinski definition) is 9. The Morgan fingerprint density at radius 3 is 2.61 bits per heavy atom. The first-order valence-corrected chi connectivity index (χ1v) is 13.8. The van der Waals surface area contributed by atoms with Crippen molar-refractivity contribution in [2.24, 2.45) is 11.8 Å². The molecule has 3 fully saturated rings. The Hall–Kier alpha value is -2.33. The predicted octanol–water partition coefficient (Wildman–Crippen LogP) is 5.16. The minimum absolute atomic E-state index is 0.00604. The molecule has 2 saturated carbocycles. The lowest BCUT2D eigenvalue weighted by molar-refractivity contribution is -0.168. The van der Waals surface area contributed by atoms with Gasteiger partial charge in [-0.3, -0.25) is 0 Å². The number of aliphatic hydroxyl groups is 1. The van der Waals surface area contributed by atoms with E-state index in [0.29, 0.717) is 17.7 Å². The van der Waals surface area contributed by atoms with Crippen LogP contribution in [0.15, 0.2) is 12.1 Å². The van der Waals surface area contributed by atoms with E-state index in [2.05, 4.69) is 36.6 Å². The molecule has 192 valence electrons. The molecule has 3 atom stereocenters. The highest BCUT2D eigenvalue weighted by Gasteiger charge is 2.60. The van der Waals surface area contributed by atoms with Crippen molar-refractivity contribution in [2.75, 3.05) is 23.8 Å². The van der Waals surface area contributed by atoms with Crippen molar-refractivity contribution in [3.8, 4) is 10.6 Å². The lowest BCUT2D eigenvalue weighted by Gasteiger charge is -2.31. The van der Waals surface area contributed by atoms with E-state index in [0.717, 1.165) is 45.9 Å². The summed E-state index contributed by atoms with van der Waals surface area (Å²) in [4.78, 5) is 14.8. The molecular formula is C27H35N5O3S. The van der Waals surface area contributed by atoms with Crippen LogP contribution in [-0.2, 0) is 9.47 Å². The average Bonchev–Trinajstić information content (AvgIpc) is 3.40. The maximum Gasteiger partial charge on any atom is 0.224 e. The summed E-state index contributed by atoms with van der Waals surface area (Å²) in [5.41, 5.74) is 4.44. The number of aliphatic hydroxyl groups excluding tert-OH is 1. The largest absolute Gasteiger partial charge is 0.396 e. The van der Waals surface area contributed by atoms with Crippen molar-refractivity contribution in [2.45, 2.75) is 77.9 Å². The first kappa shape index (κ1) is 24.0. The van der Waals surface area contributed by atoms with Crippen LogP contribution in [0.2, 0.25) is 0 Å². The minimum atomic E-state index is -0.774. The second-order valence-corrected chi connectivity index (χ2v) is 12.2. The number of aryl methyl sites for hydroxylation is 3. The maximum absolute atomic E-state index is 10.0. The van der Waals surface area contributed by atoms with Crippen LogP contribution in [0.25, 0.3) is 20.8 Å². The fraction of sp³-hybridized carbons (Fsp3) is 0.593. The van der Waals surface area contributed by atoms with E-state index in [1.165, 1.54) is 24.0 Å². The Labute approximate surface area is 215 Å². The monoisotopic (exact) mass is 509 g/mol. The molecule has 0 amide bonds. The second-order valence-electron chi connectivity index (χ2n) is 11.1. The summed E-state index contributed by atoms with van der Waals surface area (Å²) in [6, 6.07) is 4.35. The van der Waals surface area contributed by atoms with Crippen LogP contribution in [0.1, 0.15) is 56.4 Å². The van der Waals surface area contributed by atoms with Crippen molar-refractivity contribution < 1.29 is 14.6 Å².